The van der Waals surface area contributed by atoms with E-state index in [1.165, 1.54) is 5.56 Å². The molecule has 0 spiro atoms. The van der Waals surface area contributed by atoms with Crippen molar-refractivity contribution < 1.29 is 4.74 Å². The second-order valence-corrected chi connectivity index (χ2v) is 4.69. The van der Waals surface area contributed by atoms with E-state index in [2.05, 4.69) is 38.2 Å². The Kier molecular flexibility index (Phi) is 4.81. The van der Waals surface area contributed by atoms with Crippen LogP contribution in [-0.4, -0.2) is 20.2 Å². The maximum atomic E-state index is 5.42. The summed E-state index contributed by atoms with van der Waals surface area (Å²) in [6.07, 6.45) is 1.11. The monoisotopic (exact) mass is 221 g/mol. The number of benzene rings is 1. The molecule has 16 heavy (non-hydrogen) atoms. The molecule has 0 aromatic heterocycles. The van der Waals surface area contributed by atoms with E-state index in [1.807, 2.05) is 12.1 Å². The number of hydrogen-bond donors (Lipinski definition) is 1. The lowest BCUT2D eigenvalue weighted by Crippen LogP contribution is -2.25. The third-order valence-corrected chi connectivity index (χ3v) is 3.01. The van der Waals surface area contributed by atoms with Crippen LogP contribution in [0.3, 0.4) is 0 Å². The molecular weight excluding hydrogens is 198 g/mol. The minimum absolute atomic E-state index is 0.148. The highest BCUT2D eigenvalue weighted by Gasteiger charge is 2.23. The van der Waals surface area contributed by atoms with Gasteiger partial charge < -0.3 is 10.1 Å². The van der Waals surface area contributed by atoms with Gasteiger partial charge >= 0.3 is 0 Å². The fourth-order valence-corrected chi connectivity index (χ4v) is 1.92. The van der Waals surface area contributed by atoms with E-state index in [0.717, 1.165) is 25.3 Å². The van der Waals surface area contributed by atoms with Crippen molar-refractivity contribution in [2.45, 2.75) is 32.6 Å². The molecule has 0 heterocycles. The van der Waals surface area contributed by atoms with E-state index in [4.69, 9.17) is 4.74 Å². The predicted octanol–water partition coefficient (Wildman–Crippen LogP) is 2.97. The lowest BCUT2D eigenvalue weighted by Gasteiger charge is -2.27. The molecule has 1 rings (SSSR count). The number of methoxy groups -OCH3 is 1. The first kappa shape index (κ1) is 13.0. The molecule has 0 radical (unpaired) electrons. The predicted molar refractivity (Wildman–Crippen MR) is 69.2 cm³/mol. The van der Waals surface area contributed by atoms with Crippen molar-refractivity contribution in [3.63, 3.8) is 0 Å². The molecule has 0 aliphatic rings. The fourth-order valence-electron chi connectivity index (χ4n) is 1.92. The van der Waals surface area contributed by atoms with Crippen LogP contribution in [0, 0.1) is 0 Å². The van der Waals surface area contributed by atoms with Crippen molar-refractivity contribution >= 4 is 0 Å². The first-order valence-electron chi connectivity index (χ1n) is 5.96. The average Bonchev–Trinajstić information content (AvgIpc) is 2.29. The standard InChI is InChI=1S/C14H23NO/c1-5-15-11-10-14(2,3)12-8-6-7-9-13(12)16-4/h6-9,15H,5,10-11H2,1-4H3. The van der Waals surface area contributed by atoms with E-state index in [1.54, 1.807) is 7.11 Å². The molecule has 0 bridgehead atoms. The quantitative estimate of drug-likeness (QED) is 0.746. The number of rotatable bonds is 6. The summed E-state index contributed by atoms with van der Waals surface area (Å²) in [6.45, 7) is 8.74. The zero-order chi connectivity index (χ0) is 12.0. The van der Waals surface area contributed by atoms with Gasteiger partial charge in [-0.25, -0.2) is 0 Å². The van der Waals surface area contributed by atoms with Crippen molar-refractivity contribution in [3.05, 3.63) is 29.8 Å². The van der Waals surface area contributed by atoms with Gasteiger partial charge in [0.25, 0.3) is 0 Å². The van der Waals surface area contributed by atoms with Crippen molar-refractivity contribution in [1.29, 1.82) is 0 Å². The Labute approximate surface area is 99.0 Å². The maximum Gasteiger partial charge on any atom is 0.122 e. The topological polar surface area (TPSA) is 21.3 Å². The molecule has 0 aliphatic carbocycles. The molecule has 0 amide bonds. The number of nitrogens with one attached hydrogen (secondary N) is 1. The Morgan fingerprint density at radius 3 is 2.56 bits per heavy atom. The highest BCUT2D eigenvalue weighted by Crippen LogP contribution is 2.33. The molecule has 0 saturated heterocycles. The van der Waals surface area contributed by atoms with Gasteiger partial charge in [-0.05, 0) is 36.6 Å². The lowest BCUT2D eigenvalue weighted by atomic mass is 9.81. The van der Waals surface area contributed by atoms with E-state index >= 15 is 0 Å². The summed E-state index contributed by atoms with van der Waals surface area (Å²) in [5, 5.41) is 3.37. The van der Waals surface area contributed by atoms with Crippen LogP contribution in [0.5, 0.6) is 5.75 Å². The van der Waals surface area contributed by atoms with Gasteiger partial charge in [0.15, 0.2) is 0 Å². The van der Waals surface area contributed by atoms with Crippen molar-refractivity contribution in [3.8, 4) is 5.75 Å². The van der Waals surface area contributed by atoms with Crippen LogP contribution in [0.1, 0.15) is 32.8 Å². The number of hydrogen-bond acceptors (Lipinski definition) is 2. The minimum Gasteiger partial charge on any atom is -0.496 e. The molecule has 1 N–H and O–H groups in total. The zero-order valence-corrected chi connectivity index (χ0v) is 10.8. The second kappa shape index (κ2) is 5.90. The molecule has 1 aromatic rings. The normalized spacial score (nSPS) is 11.5. The van der Waals surface area contributed by atoms with Crippen LogP contribution in [0.15, 0.2) is 24.3 Å². The van der Waals surface area contributed by atoms with Crippen molar-refractivity contribution in [2.24, 2.45) is 0 Å². The second-order valence-electron chi connectivity index (χ2n) is 4.69. The van der Waals surface area contributed by atoms with Crippen LogP contribution in [0.4, 0.5) is 0 Å². The largest absolute Gasteiger partial charge is 0.496 e. The smallest absolute Gasteiger partial charge is 0.122 e. The summed E-state index contributed by atoms with van der Waals surface area (Å²) in [5.41, 5.74) is 1.44. The summed E-state index contributed by atoms with van der Waals surface area (Å²) in [5.74, 6) is 0.990. The van der Waals surface area contributed by atoms with Crippen LogP contribution < -0.4 is 10.1 Å². The molecule has 2 heteroatoms. The molecule has 0 atom stereocenters. The van der Waals surface area contributed by atoms with E-state index in [0.29, 0.717) is 0 Å². The van der Waals surface area contributed by atoms with Gasteiger partial charge in [0.2, 0.25) is 0 Å². The fraction of sp³-hybridized carbons (Fsp3) is 0.571. The first-order valence-corrected chi connectivity index (χ1v) is 5.96. The molecular formula is C14H23NO. The van der Waals surface area contributed by atoms with Crippen LogP contribution in [0.25, 0.3) is 0 Å². The summed E-state index contributed by atoms with van der Waals surface area (Å²) in [4.78, 5) is 0. The SMILES string of the molecule is CCNCCC(C)(C)c1ccccc1OC. The third kappa shape index (κ3) is 3.24. The number of ether oxygens (including phenoxy) is 1. The minimum atomic E-state index is 0.148. The molecule has 0 aliphatic heterocycles. The third-order valence-electron chi connectivity index (χ3n) is 3.01. The zero-order valence-electron chi connectivity index (χ0n) is 10.8. The van der Waals surface area contributed by atoms with Gasteiger partial charge in [-0.1, -0.05) is 39.0 Å². The molecule has 0 fully saturated rings. The summed E-state index contributed by atoms with van der Waals surface area (Å²) in [7, 11) is 1.74. The van der Waals surface area contributed by atoms with E-state index in [9.17, 15) is 0 Å². The van der Waals surface area contributed by atoms with Crippen LogP contribution >= 0.6 is 0 Å². The van der Waals surface area contributed by atoms with Crippen molar-refractivity contribution in [2.75, 3.05) is 20.2 Å². The molecule has 1 aromatic carbocycles. The Morgan fingerprint density at radius 2 is 1.94 bits per heavy atom. The molecule has 0 unspecified atom stereocenters. The van der Waals surface area contributed by atoms with Gasteiger partial charge in [0, 0.05) is 0 Å². The Morgan fingerprint density at radius 1 is 1.25 bits per heavy atom. The van der Waals surface area contributed by atoms with Gasteiger partial charge in [0.1, 0.15) is 5.75 Å². The average molecular weight is 221 g/mol. The lowest BCUT2D eigenvalue weighted by molar-refractivity contribution is 0.383. The van der Waals surface area contributed by atoms with Crippen molar-refractivity contribution in [1.82, 2.24) is 5.32 Å². The molecule has 90 valence electrons. The molecule has 0 saturated carbocycles. The molecule has 2 nitrogen and oxygen atoms in total. The highest BCUT2D eigenvalue weighted by atomic mass is 16.5. The van der Waals surface area contributed by atoms with Crippen LogP contribution in [0.2, 0.25) is 0 Å². The highest BCUT2D eigenvalue weighted by molar-refractivity contribution is 5.38. The summed E-state index contributed by atoms with van der Waals surface area (Å²) >= 11 is 0. The Balaban J connectivity index is 2.79. The van der Waals surface area contributed by atoms with E-state index < -0.39 is 0 Å². The Hall–Kier alpha value is -1.02. The van der Waals surface area contributed by atoms with Crippen LogP contribution in [-0.2, 0) is 5.41 Å². The van der Waals surface area contributed by atoms with Gasteiger partial charge in [-0.15, -0.1) is 0 Å². The Bertz CT molecular complexity index is 320. The first-order chi connectivity index (χ1) is 7.61. The summed E-state index contributed by atoms with van der Waals surface area (Å²) < 4.78 is 5.42. The summed E-state index contributed by atoms with van der Waals surface area (Å²) in [6, 6.07) is 8.28. The maximum absolute atomic E-state index is 5.42. The van der Waals surface area contributed by atoms with E-state index in [-0.39, 0.29) is 5.41 Å². The number of para-hydroxylation sites is 1. The van der Waals surface area contributed by atoms with Gasteiger partial charge in [0.05, 0.1) is 7.11 Å². The van der Waals surface area contributed by atoms with Gasteiger partial charge in [-0.3, -0.25) is 0 Å². The van der Waals surface area contributed by atoms with Gasteiger partial charge in [-0.2, -0.15) is 0 Å².